The Kier molecular flexibility index (Phi) is 6.73. The average molecular weight is 456 g/mol. The number of benzene rings is 3. The number of amides is 1. The zero-order chi connectivity index (χ0) is 24.1. The fourth-order valence-electron chi connectivity index (χ4n) is 3.69. The third-order valence-corrected chi connectivity index (χ3v) is 5.53. The van der Waals surface area contributed by atoms with Crippen molar-refractivity contribution in [3.8, 4) is 22.4 Å². The van der Waals surface area contributed by atoms with Crippen LogP contribution in [-0.4, -0.2) is 27.4 Å². The molecule has 3 aromatic carbocycles. The first kappa shape index (κ1) is 22.8. The summed E-state index contributed by atoms with van der Waals surface area (Å²) in [6, 6.07) is 24.8. The maximum absolute atomic E-state index is 12.6. The maximum Gasteiger partial charge on any atom is 0.412 e. The lowest BCUT2D eigenvalue weighted by Gasteiger charge is -2.14. The molecule has 0 radical (unpaired) electrons. The number of rotatable bonds is 7. The number of H-pyrrole nitrogens is 1. The molecule has 0 aliphatic rings. The summed E-state index contributed by atoms with van der Waals surface area (Å²) in [7, 11) is 0. The van der Waals surface area contributed by atoms with Crippen LogP contribution in [0.5, 0.6) is 0 Å². The van der Waals surface area contributed by atoms with Crippen LogP contribution in [0.1, 0.15) is 29.8 Å². The molecule has 1 amide bonds. The Labute approximate surface area is 197 Å². The number of carboxylic acid groups (broad SMARTS) is 1. The third-order valence-electron chi connectivity index (χ3n) is 5.53. The number of nitrogens with zero attached hydrogens (tertiary/aromatic N) is 1. The maximum atomic E-state index is 12.6. The van der Waals surface area contributed by atoms with E-state index < -0.39 is 18.2 Å². The molecule has 172 valence electrons. The number of anilines is 1. The quantitative estimate of drug-likeness (QED) is 0.318. The lowest BCUT2D eigenvalue weighted by Crippen LogP contribution is -2.16. The number of aromatic nitrogens is 2. The molecule has 4 aromatic rings. The number of hydrogen-bond acceptors (Lipinski definition) is 4. The molecule has 34 heavy (non-hydrogen) atoms. The second-order valence-electron chi connectivity index (χ2n) is 8.00. The summed E-state index contributed by atoms with van der Waals surface area (Å²) in [6.45, 7) is 3.66. The highest BCUT2D eigenvalue weighted by molar-refractivity contribution is 5.91. The molecule has 1 atom stereocenters. The zero-order valence-corrected chi connectivity index (χ0v) is 18.9. The van der Waals surface area contributed by atoms with Crippen molar-refractivity contribution in [1.82, 2.24) is 10.2 Å². The van der Waals surface area contributed by atoms with Gasteiger partial charge in [0.05, 0.1) is 17.8 Å². The van der Waals surface area contributed by atoms with Gasteiger partial charge in [-0.15, -0.1) is 0 Å². The van der Waals surface area contributed by atoms with Gasteiger partial charge in [-0.05, 0) is 36.1 Å². The van der Waals surface area contributed by atoms with Crippen molar-refractivity contribution in [1.29, 1.82) is 0 Å². The minimum absolute atomic E-state index is 0.0000651. The number of aryl methyl sites for hydroxylation is 1. The molecule has 1 unspecified atom stereocenters. The highest BCUT2D eigenvalue weighted by Gasteiger charge is 2.18. The molecular formula is C27H25N3O4. The molecule has 7 heteroatoms. The summed E-state index contributed by atoms with van der Waals surface area (Å²) in [6.07, 6.45) is -0.946. The van der Waals surface area contributed by atoms with Crippen LogP contribution < -0.4 is 5.32 Å². The average Bonchev–Trinajstić information content (AvgIpc) is 3.19. The second-order valence-corrected chi connectivity index (χ2v) is 8.00. The van der Waals surface area contributed by atoms with Crippen molar-refractivity contribution in [2.75, 3.05) is 5.32 Å². The minimum Gasteiger partial charge on any atom is -0.481 e. The summed E-state index contributed by atoms with van der Waals surface area (Å²) in [4.78, 5) is 23.4. The van der Waals surface area contributed by atoms with E-state index in [1.54, 1.807) is 0 Å². The van der Waals surface area contributed by atoms with Crippen molar-refractivity contribution in [3.05, 3.63) is 95.7 Å². The van der Waals surface area contributed by atoms with Crippen molar-refractivity contribution in [3.63, 3.8) is 0 Å². The summed E-state index contributed by atoms with van der Waals surface area (Å²) in [5.74, 6) is -0.853. The standard InChI is InChI=1S/C27H25N3O4/c1-17-25(28-27(33)34-18(2)20-6-4-3-5-7-20)26(30-29-17)23-14-12-22(13-15-23)21-10-8-19(9-11-21)16-24(31)32/h3-15,18H,16H2,1-2H3,(H,28,33)(H,29,30)(H,31,32). The smallest absolute Gasteiger partial charge is 0.412 e. The molecule has 1 heterocycles. The monoisotopic (exact) mass is 455 g/mol. The molecule has 0 fully saturated rings. The van der Waals surface area contributed by atoms with Crippen molar-refractivity contribution in [2.45, 2.75) is 26.4 Å². The first-order valence-corrected chi connectivity index (χ1v) is 10.9. The van der Waals surface area contributed by atoms with Crippen LogP contribution in [0.25, 0.3) is 22.4 Å². The topological polar surface area (TPSA) is 104 Å². The van der Waals surface area contributed by atoms with Crippen LogP contribution >= 0.6 is 0 Å². The SMILES string of the molecule is Cc1[nH]nc(-c2ccc(-c3ccc(CC(=O)O)cc3)cc2)c1NC(=O)OC(C)c1ccccc1. The number of hydrogen-bond donors (Lipinski definition) is 3. The number of carbonyl (C=O) groups excluding carboxylic acids is 1. The second kappa shape index (κ2) is 10.0. The number of aliphatic carboxylic acids is 1. The van der Waals surface area contributed by atoms with Gasteiger partial charge in [0.25, 0.3) is 0 Å². The Morgan fingerprint density at radius 1 is 0.941 bits per heavy atom. The van der Waals surface area contributed by atoms with E-state index in [1.807, 2.05) is 92.7 Å². The number of ether oxygens (including phenoxy) is 1. The van der Waals surface area contributed by atoms with Gasteiger partial charge in [0.2, 0.25) is 0 Å². The first-order valence-electron chi connectivity index (χ1n) is 10.9. The van der Waals surface area contributed by atoms with Gasteiger partial charge >= 0.3 is 12.1 Å². The van der Waals surface area contributed by atoms with Gasteiger partial charge in [-0.25, -0.2) is 4.79 Å². The number of carbonyl (C=O) groups is 2. The summed E-state index contributed by atoms with van der Waals surface area (Å²) < 4.78 is 5.54. The van der Waals surface area contributed by atoms with Crippen LogP contribution in [0.3, 0.4) is 0 Å². The summed E-state index contributed by atoms with van der Waals surface area (Å²) in [5, 5.41) is 19.0. The van der Waals surface area contributed by atoms with Gasteiger partial charge in [-0.3, -0.25) is 15.2 Å². The molecule has 4 rings (SSSR count). The molecule has 0 bridgehead atoms. The van der Waals surface area contributed by atoms with E-state index in [1.165, 1.54) is 0 Å². The summed E-state index contributed by atoms with van der Waals surface area (Å²) >= 11 is 0. The Morgan fingerprint density at radius 2 is 1.53 bits per heavy atom. The van der Waals surface area contributed by atoms with E-state index in [9.17, 15) is 9.59 Å². The fourth-order valence-corrected chi connectivity index (χ4v) is 3.69. The van der Waals surface area contributed by atoms with Crippen molar-refractivity contribution >= 4 is 17.7 Å². The lowest BCUT2D eigenvalue weighted by molar-refractivity contribution is -0.136. The van der Waals surface area contributed by atoms with Gasteiger partial charge < -0.3 is 9.84 Å². The molecule has 0 saturated heterocycles. The van der Waals surface area contributed by atoms with Gasteiger partial charge in [0.1, 0.15) is 11.8 Å². The van der Waals surface area contributed by atoms with Crippen LogP contribution in [0.4, 0.5) is 10.5 Å². The minimum atomic E-state index is -0.853. The van der Waals surface area contributed by atoms with E-state index in [4.69, 9.17) is 9.84 Å². The van der Waals surface area contributed by atoms with E-state index in [-0.39, 0.29) is 6.42 Å². The van der Waals surface area contributed by atoms with Crippen LogP contribution in [0.2, 0.25) is 0 Å². The normalized spacial score (nSPS) is 11.6. The lowest BCUT2D eigenvalue weighted by atomic mass is 10.0. The van der Waals surface area contributed by atoms with Gasteiger partial charge in [-0.1, -0.05) is 78.9 Å². The molecule has 7 nitrogen and oxygen atoms in total. The molecule has 1 aromatic heterocycles. The molecular weight excluding hydrogens is 430 g/mol. The Balaban J connectivity index is 1.48. The zero-order valence-electron chi connectivity index (χ0n) is 18.9. The molecule has 0 aliphatic carbocycles. The van der Waals surface area contributed by atoms with E-state index in [0.717, 1.165) is 33.5 Å². The molecule has 0 spiro atoms. The van der Waals surface area contributed by atoms with Crippen molar-refractivity contribution < 1.29 is 19.4 Å². The number of carboxylic acids is 1. The van der Waals surface area contributed by atoms with Gasteiger partial charge in [-0.2, -0.15) is 5.10 Å². The fraction of sp³-hybridized carbons (Fsp3) is 0.148. The van der Waals surface area contributed by atoms with Gasteiger partial charge in [0, 0.05) is 5.56 Å². The number of nitrogens with one attached hydrogen (secondary N) is 2. The van der Waals surface area contributed by atoms with Crippen LogP contribution in [0, 0.1) is 6.92 Å². The van der Waals surface area contributed by atoms with Crippen LogP contribution in [-0.2, 0) is 16.0 Å². The Morgan fingerprint density at radius 3 is 2.15 bits per heavy atom. The van der Waals surface area contributed by atoms with E-state index >= 15 is 0 Å². The Hall–Kier alpha value is -4.39. The third kappa shape index (κ3) is 5.32. The predicted molar refractivity (Wildman–Crippen MR) is 130 cm³/mol. The van der Waals surface area contributed by atoms with Gasteiger partial charge in [0.15, 0.2) is 0 Å². The predicted octanol–water partition coefficient (Wildman–Crippen LogP) is 5.99. The molecule has 0 saturated carbocycles. The number of aromatic amines is 1. The van der Waals surface area contributed by atoms with Crippen molar-refractivity contribution in [2.24, 2.45) is 0 Å². The molecule has 0 aliphatic heterocycles. The largest absolute Gasteiger partial charge is 0.481 e. The highest BCUT2D eigenvalue weighted by Crippen LogP contribution is 2.31. The van der Waals surface area contributed by atoms with E-state index in [0.29, 0.717) is 11.4 Å². The highest BCUT2D eigenvalue weighted by atomic mass is 16.6. The molecule has 3 N–H and O–H groups in total. The van der Waals surface area contributed by atoms with E-state index in [2.05, 4.69) is 15.5 Å². The van der Waals surface area contributed by atoms with Crippen LogP contribution in [0.15, 0.2) is 78.9 Å². The Bertz CT molecular complexity index is 1280. The summed E-state index contributed by atoms with van der Waals surface area (Å²) in [5.41, 5.74) is 6.37. The first-order chi connectivity index (χ1) is 16.4.